The highest BCUT2D eigenvalue weighted by atomic mass is 16.5. The van der Waals surface area contributed by atoms with E-state index < -0.39 is 0 Å². The Kier molecular flexibility index (Phi) is 4.50. The first-order valence-electron chi connectivity index (χ1n) is 8.77. The number of ether oxygens (including phenoxy) is 2. The lowest BCUT2D eigenvalue weighted by molar-refractivity contribution is 0.332. The summed E-state index contributed by atoms with van der Waals surface area (Å²) >= 11 is 0. The van der Waals surface area contributed by atoms with E-state index in [0.717, 1.165) is 39.8 Å². The average Bonchev–Trinajstić information content (AvgIpc) is 3.01. The van der Waals surface area contributed by atoms with Gasteiger partial charge in [-0.1, -0.05) is 36.4 Å². The summed E-state index contributed by atoms with van der Waals surface area (Å²) in [7, 11) is 1.70. The Labute approximate surface area is 152 Å². The predicted molar refractivity (Wildman–Crippen MR) is 106 cm³/mol. The first-order chi connectivity index (χ1) is 12.8. The van der Waals surface area contributed by atoms with Crippen molar-refractivity contribution in [1.29, 1.82) is 0 Å². The van der Waals surface area contributed by atoms with Crippen LogP contribution in [-0.2, 0) is 6.54 Å². The summed E-state index contributed by atoms with van der Waals surface area (Å²) in [5.74, 6) is 1.72. The number of nitrogens with zero attached hydrogens (tertiary/aromatic N) is 1. The zero-order valence-electron chi connectivity index (χ0n) is 14.8. The largest absolute Gasteiger partial charge is 0.497 e. The van der Waals surface area contributed by atoms with Crippen LogP contribution in [0, 0.1) is 0 Å². The summed E-state index contributed by atoms with van der Waals surface area (Å²) in [4.78, 5) is 0. The average molecular weight is 346 g/mol. The van der Waals surface area contributed by atoms with Crippen molar-refractivity contribution in [3.05, 3.63) is 72.3 Å². The molecule has 0 spiro atoms. The van der Waals surface area contributed by atoms with Crippen LogP contribution in [0.3, 0.4) is 0 Å². The van der Waals surface area contributed by atoms with Gasteiger partial charge in [-0.2, -0.15) is 0 Å². The van der Waals surface area contributed by atoms with Crippen LogP contribution in [0.2, 0.25) is 0 Å². The zero-order chi connectivity index (χ0) is 17.9. The molecule has 4 aromatic rings. The third kappa shape index (κ3) is 2.89. The van der Waals surface area contributed by atoms with E-state index in [-0.39, 0.29) is 0 Å². The van der Waals surface area contributed by atoms with Crippen molar-refractivity contribution in [2.45, 2.75) is 6.54 Å². The quantitative estimate of drug-likeness (QED) is 0.569. The van der Waals surface area contributed by atoms with Gasteiger partial charge in [-0.15, -0.1) is 0 Å². The lowest BCUT2D eigenvalue weighted by Crippen LogP contribution is -2.10. The second-order valence-corrected chi connectivity index (χ2v) is 6.24. The van der Waals surface area contributed by atoms with Crippen molar-refractivity contribution in [3.63, 3.8) is 0 Å². The highest BCUT2D eigenvalue weighted by Gasteiger charge is 2.15. The highest BCUT2D eigenvalue weighted by molar-refractivity contribution is 6.11. The molecule has 0 aliphatic carbocycles. The molecule has 0 amide bonds. The van der Waals surface area contributed by atoms with E-state index in [1.54, 1.807) is 7.11 Å². The van der Waals surface area contributed by atoms with Crippen molar-refractivity contribution in [3.8, 4) is 11.5 Å². The van der Waals surface area contributed by atoms with Crippen LogP contribution in [0.5, 0.6) is 11.5 Å². The molecule has 1 aromatic heterocycles. The smallest absolute Gasteiger partial charge is 0.129 e. The molecular formula is C22H22N2O2. The van der Waals surface area contributed by atoms with Gasteiger partial charge in [0, 0.05) is 29.9 Å². The van der Waals surface area contributed by atoms with Gasteiger partial charge in [0.05, 0.1) is 18.1 Å². The molecule has 0 bridgehead atoms. The lowest BCUT2D eigenvalue weighted by atomic mass is 10.1. The molecule has 0 saturated carbocycles. The van der Waals surface area contributed by atoms with Crippen molar-refractivity contribution in [2.75, 3.05) is 20.3 Å². The second kappa shape index (κ2) is 7.10. The molecule has 3 aromatic carbocycles. The van der Waals surface area contributed by atoms with Crippen LogP contribution in [0.15, 0.2) is 66.7 Å². The minimum absolute atomic E-state index is 0.493. The number of benzene rings is 3. The maximum atomic E-state index is 5.93. The van der Waals surface area contributed by atoms with Crippen molar-refractivity contribution < 1.29 is 9.47 Å². The highest BCUT2D eigenvalue weighted by Crippen LogP contribution is 2.37. The van der Waals surface area contributed by atoms with E-state index in [9.17, 15) is 0 Å². The number of rotatable bonds is 6. The summed E-state index contributed by atoms with van der Waals surface area (Å²) in [6, 6.07) is 22.8. The summed E-state index contributed by atoms with van der Waals surface area (Å²) in [5, 5.41) is 2.28. The zero-order valence-corrected chi connectivity index (χ0v) is 14.8. The Morgan fingerprint density at radius 2 is 1.77 bits per heavy atom. The molecule has 26 heavy (non-hydrogen) atoms. The Balaban J connectivity index is 1.97. The van der Waals surface area contributed by atoms with Gasteiger partial charge in [-0.05, 0) is 29.8 Å². The maximum Gasteiger partial charge on any atom is 0.129 e. The van der Waals surface area contributed by atoms with Crippen LogP contribution < -0.4 is 15.2 Å². The van der Waals surface area contributed by atoms with Gasteiger partial charge < -0.3 is 19.8 Å². The van der Waals surface area contributed by atoms with Gasteiger partial charge in [0.1, 0.15) is 18.1 Å². The molecular weight excluding hydrogens is 324 g/mol. The molecule has 0 unspecified atom stereocenters. The molecule has 132 valence electrons. The molecule has 0 atom stereocenters. The fourth-order valence-electron chi connectivity index (χ4n) is 3.44. The first-order valence-corrected chi connectivity index (χ1v) is 8.77. The van der Waals surface area contributed by atoms with Crippen LogP contribution >= 0.6 is 0 Å². The molecule has 4 nitrogen and oxygen atoms in total. The van der Waals surface area contributed by atoms with Crippen LogP contribution in [0.25, 0.3) is 21.8 Å². The molecule has 0 saturated heterocycles. The van der Waals surface area contributed by atoms with E-state index in [1.165, 1.54) is 5.56 Å². The van der Waals surface area contributed by atoms with Crippen molar-refractivity contribution >= 4 is 21.8 Å². The van der Waals surface area contributed by atoms with Gasteiger partial charge in [0.25, 0.3) is 0 Å². The lowest BCUT2D eigenvalue weighted by Gasteiger charge is -2.09. The van der Waals surface area contributed by atoms with Gasteiger partial charge in [-0.25, -0.2) is 0 Å². The van der Waals surface area contributed by atoms with Crippen LogP contribution in [0.4, 0.5) is 0 Å². The van der Waals surface area contributed by atoms with Gasteiger partial charge in [0.15, 0.2) is 0 Å². The molecule has 0 aliphatic rings. The monoisotopic (exact) mass is 346 g/mol. The first kappa shape index (κ1) is 16.5. The Morgan fingerprint density at radius 1 is 0.923 bits per heavy atom. The number of fused-ring (bicyclic) bond motifs is 3. The molecule has 2 N–H and O–H groups in total. The van der Waals surface area contributed by atoms with Gasteiger partial charge in [-0.3, -0.25) is 0 Å². The fourth-order valence-corrected chi connectivity index (χ4v) is 3.44. The van der Waals surface area contributed by atoms with Crippen molar-refractivity contribution in [2.24, 2.45) is 5.73 Å². The van der Waals surface area contributed by atoms with E-state index in [4.69, 9.17) is 15.2 Å². The Bertz CT molecular complexity index is 1040. The predicted octanol–water partition coefficient (Wildman–Crippen LogP) is 4.19. The number of methoxy groups -OCH3 is 1. The molecule has 4 rings (SSSR count). The molecule has 1 heterocycles. The molecule has 0 fully saturated rings. The fraction of sp³-hybridized carbons (Fsp3) is 0.182. The Hall–Kier alpha value is -2.98. The summed E-state index contributed by atoms with van der Waals surface area (Å²) in [6.07, 6.45) is 0. The van der Waals surface area contributed by atoms with Crippen molar-refractivity contribution in [1.82, 2.24) is 4.57 Å². The second-order valence-electron chi connectivity index (χ2n) is 6.24. The standard InChI is InChI=1S/C22H22N2O2/c1-25-17-10-11-18-20(14-17)24(15-16-6-3-2-4-7-16)19-8-5-9-21(22(18)19)26-13-12-23/h2-11,14H,12-13,15,23H2,1H3. The van der Waals surface area contributed by atoms with E-state index in [1.807, 2.05) is 24.3 Å². The number of hydrogen-bond acceptors (Lipinski definition) is 3. The maximum absolute atomic E-state index is 5.93. The number of hydrogen-bond donors (Lipinski definition) is 1. The van der Waals surface area contributed by atoms with Crippen LogP contribution in [-0.4, -0.2) is 24.8 Å². The Morgan fingerprint density at radius 3 is 2.54 bits per heavy atom. The molecule has 0 radical (unpaired) electrons. The van der Waals surface area contributed by atoms with Gasteiger partial charge >= 0.3 is 0 Å². The molecule has 0 aliphatic heterocycles. The SMILES string of the molecule is COc1ccc2c3c(OCCN)cccc3n(Cc3ccccc3)c2c1. The normalized spacial score (nSPS) is 11.2. The van der Waals surface area contributed by atoms with E-state index in [0.29, 0.717) is 13.2 Å². The third-order valence-corrected chi connectivity index (χ3v) is 4.62. The summed E-state index contributed by atoms with van der Waals surface area (Å²) in [6.45, 7) is 1.78. The third-order valence-electron chi connectivity index (χ3n) is 4.62. The molecule has 4 heteroatoms. The van der Waals surface area contributed by atoms with E-state index in [2.05, 4.69) is 47.0 Å². The number of nitrogens with two attached hydrogens (primary N) is 1. The van der Waals surface area contributed by atoms with Gasteiger partial charge in [0.2, 0.25) is 0 Å². The van der Waals surface area contributed by atoms with E-state index >= 15 is 0 Å². The minimum Gasteiger partial charge on any atom is -0.497 e. The summed E-state index contributed by atoms with van der Waals surface area (Å²) < 4.78 is 13.7. The van der Waals surface area contributed by atoms with Crippen LogP contribution in [0.1, 0.15) is 5.56 Å². The minimum atomic E-state index is 0.493. The topological polar surface area (TPSA) is 49.4 Å². The number of aromatic nitrogens is 1. The summed E-state index contributed by atoms with van der Waals surface area (Å²) in [5.41, 5.74) is 9.16.